The Morgan fingerprint density at radius 3 is 2.81 bits per heavy atom. The van der Waals surface area contributed by atoms with Crippen molar-refractivity contribution in [2.75, 3.05) is 13.2 Å². The number of aromatic nitrogens is 1. The summed E-state index contributed by atoms with van der Waals surface area (Å²) in [7, 11) is 0. The van der Waals surface area contributed by atoms with Crippen molar-refractivity contribution in [3.05, 3.63) is 46.4 Å². The Hall–Kier alpha value is -2.63. The SMILES string of the molecule is CCOC(=O)CCNC(=O)c1cc2ccccc2c(=O)[nH]1. The number of ether oxygens (including phenoxy) is 1. The van der Waals surface area contributed by atoms with Crippen LogP contribution in [0.3, 0.4) is 0 Å². The van der Waals surface area contributed by atoms with Crippen LogP contribution in [0.25, 0.3) is 10.8 Å². The number of esters is 1. The minimum absolute atomic E-state index is 0.0946. The van der Waals surface area contributed by atoms with Crippen LogP contribution in [-0.2, 0) is 9.53 Å². The average molecular weight is 288 g/mol. The number of amides is 1. The molecule has 0 aliphatic heterocycles. The van der Waals surface area contributed by atoms with Crippen LogP contribution in [0.1, 0.15) is 23.8 Å². The Kier molecular flexibility index (Phi) is 4.71. The molecule has 0 unspecified atom stereocenters. The van der Waals surface area contributed by atoms with Gasteiger partial charge in [-0.15, -0.1) is 0 Å². The number of rotatable bonds is 5. The Morgan fingerprint density at radius 1 is 1.29 bits per heavy atom. The standard InChI is InChI=1S/C15H16N2O4/c1-2-21-13(18)7-8-16-15(20)12-9-10-5-3-4-6-11(10)14(19)17-12/h3-6,9H,2,7-8H2,1H3,(H,16,20)(H,17,19). The molecular weight excluding hydrogens is 272 g/mol. The van der Waals surface area contributed by atoms with E-state index < -0.39 is 5.91 Å². The van der Waals surface area contributed by atoms with E-state index in [1.54, 1.807) is 37.3 Å². The fourth-order valence-corrected chi connectivity index (χ4v) is 1.94. The van der Waals surface area contributed by atoms with Gasteiger partial charge >= 0.3 is 5.97 Å². The van der Waals surface area contributed by atoms with Gasteiger partial charge in [0.2, 0.25) is 0 Å². The van der Waals surface area contributed by atoms with Gasteiger partial charge in [-0.25, -0.2) is 0 Å². The zero-order chi connectivity index (χ0) is 15.2. The van der Waals surface area contributed by atoms with Gasteiger partial charge in [-0.05, 0) is 24.4 Å². The van der Waals surface area contributed by atoms with E-state index >= 15 is 0 Å². The summed E-state index contributed by atoms with van der Waals surface area (Å²) in [5, 5.41) is 3.79. The Labute approximate surface area is 121 Å². The molecule has 0 radical (unpaired) electrons. The first kappa shape index (κ1) is 14.8. The molecule has 1 aromatic heterocycles. The molecule has 6 heteroatoms. The molecule has 0 bridgehead atoms. The predicted molar refractivity (Wildman–Crippen MR) is 78.2 cm³/mol. The molecule has 0 saturated heterocycles. The zero-order valence-corrected chi connectivity index (χ0v) is 11.6. The summed E-state index contributed by atoms with van der Waals surface area (Å²) in [6, 6.07) is 8.62. The van der Waals surface area contributed by atoms with Crippen molar-refractivity contribution >= 4 is 22.6 Å². The molecule has 21 heavy (non-hydrogen) atoms. The third kappa shape index (κ3) is 3.68. The van der Waals surface area contributed by atoms with E-state index in [1.807, 2.05) is 0 Å². The first-order valence-corrected chi connectivity index (χ1v) is 6.67. The van der Waals surface area contributed by atoms with Crippen LogP contribution in [0.4, 0.5) is 0 Å². The minimum atomic E-state index is -0.429. The third-order valence-electron chi connectivity index (χ3n) is 2.92. The maximum atomic E-state index is 11.9. The number of pyridine rings is 1. The van der Waals surface area contributed by atoms with Crippen LogP contribution in [0, 0.1) is 0 Å². The second-order valence-electron chi connectivity index (χ2n) is 4.41. The molecule has 0 fully saturated rings. The molecule has 1 amide bonds. The van der Waals surface area contributed by atoms with Gasteiger partial charge < -0.3 is 15.0 Å². The molecule has 0 spiro atoms. The van der Waals surface area contributed by atoms with Crippen molar-refractivity contribution in [1.29, 1.82) is 0 Å². The molecule has 0 saturated carbocycles. The lowest BCUT2D eigenvalue weighted by Crippen LogP contribution is -2.28. The fourth-order valence-electron chi connectivity index (χ4n) is 1.94. The lowest BCUT2D eigenvalue weighted by Gasteiger charge is -2.06. The minimum Gasteiger partial charge on any atom is -0.466 e. The van der Waals surface area contributed by atoms with Gasteiger partial charge in [0.15, 0.2) is 0 Å². The van der Waals surface area contributed by atoms with Gasteiger partial charge in [-0.3, -0.25) is 14.4 Å². The number of hydrogen-bond donors (Lipinski definition) is 2. The molecule has 2 aromatic rings. The molecule has 0 aliphatic carbocycles. The van der Waals surface area contributed by atoms with Crippen molar-refractivity contribution in [2.45, 2.75) is 13.3 Å². The highest BCUT2D eigenvalue weighted by Crippen LogP contribution is 2.09. The van der Waals surface area contributed by atoms with Gasteiger partial charge in [-0.2, -0.15) is 0 Å². The maximum absolute atomic E-state index is 11.9. The average Bonchev–Trinajstić information content (AvgIpc) is 2.47. The van der Waals surface area contributed by atoms with E-state index in [0.717, 1.165) is 0 Å². The van der Waals surface area contributed by atoms with E-state index in [-0.39, 0.29) is 30.2 Å². The highest BCUT2D eigenvalue weighted by atomic mass is 16.5. The summed E-state index contributed by atoms with van der Waals surface area (Å²) in [4.78, 5) is 37.5. The monoisotopic (exact) mass is 288 g/mol. The largest absolute Gasteiger partial charge is 0.466 e. The smallest absolute Gasteiger partial charge is 0.307 e. The van der Waals surface area contributed by atoms with Crippen molar-refractivity contribution in [2.24, 2.45) is 0 Å². The molecule has 1 heterocycles. The van der Waals surface area contributed by atoms with Crippen molar-refractivity contribution in [1.82, 2.24) is 10.3 Å². The fraction of sp³-hybridized carbons (Fsp3) is 0.267. The Balaban J connectivity index is 2.06. The van der Waals surface area contributed by atoms with E-state index in [9.17, 15) is 14.4 Å². The number of benzene rings is 1. The molecule has 2 rings (SSSR count). The van der Waals surface area contributed by atoms with E-state index in [1.165, 1.54) is 0 Å². The Bertz CT molecular complexity index is 721. The van der Waals surface area contributed by atoms with E-state index in [2.05, 4.69) is 10.3 Å². The summed E-state index contributed by atoms with van der Waals surface area (Å²) >= 11 is 0. The molecule has 110 valence electrons. The van der Waals surface area contributed by atoms with Gasteiger partial charge in [0.1, 0.15) is 5.69 Å². The van der Waals surface area contributed by atoms with Crippen LogP contribution < -0.4 is 10.9 Å². The summed E-state index contributed by atoms with van der Waals surface area (Å²) in [6.07, 6.45) is 0.0946. The first-order valence-electron chi connectivity index (χ1n) is 6.67. The van der Waals surface area contributed by atoms with Crippen LogP contribution >= 0.6 is 0 Å². The number of carbonyl (C=O) groups is 2. The molecule has 0 aliphatic rings. The quantitative estimate of drug-likeness (QED) is 0.809. The second-order valence-corrected chi connectivity index (χ2v) is 4.41. The second kappa shape index (κ2) is 6.69. The molecule has 6 nitrogen and oxygen atoms in total. The van der Waals surface area contributed by atoms with Crippen molar-refractivity contribution in [3.63, 3.8) is 0 Å². The lowest BCUT2D eigenvalue weighted by molar-refractivity contribution is -0.142. The van der Waals surface area contributed by atoms with Gasteiger partial charge in [0, 0.05) is 11.9 Å². The maximum Gasteiger partial charge on any atom is 0.307 e. The lowest BCUT2D eigenvalue weighted by atomic mass is 10.1. The number of hydrogen-bond acceptors (Lipinski definition) is 4. The zero-order valence-electron chi connectivity index (χ0n) is 11.6. The highest BCUT2D eigenvalue weighted by molar-refractivity contribution is 5.96. The predicted octanol–water partition coefficient (Wildman–Crippen LogP) is 1.21. The number of fused-ring (bicyclic) bond motifs is 1. The molecule has 2 N–H and O–H groups in total. The van der Waals surface area contributed by atoms with E-state index in [0.29, 0.717) is 17.4 Å². The number of aromatic amines is 1. The van der Waals surface area contributed by atoms with Crippen molar-refractivity contribution in [3.8, 4) is 0 Å². The van der Waals surface area contributed by atoms with Crippen molar-refractivity contribution < 1.29 is 14.3 Å². The molecule has 1 aromatic carbocycles. The summed E-state index contributed by atoms with van der Waals surface area (Å²) in [5.41, 5.74) is -0.147. The number of carbonyl (C=O) groups excluding carboxylic acids is 2. The topological polar surface area (TPSA) is 88.3 Å². The first-order chi connectivity index (χ1) is 10.1. The summed E-state index contributed by atoms with van der Waals surface area (Å²) < 4.78 is 4.76. The number of nitrogens with one attached hydrogen (secondary N) is 2. The molecular formula is C15H16N2O4. The van der Waals surface area contributed by atoms with Crippen LogP contribution in [-0.4, -0.2) is 30.0 Å². The van der Waals surface area contributed by atoms with Gasteiger partial charge in [-0.1, -0.05) is 18.2 Å². The molecule has 0 atom stereocenters. The van der Waals surface area contributed by atoms with Crippen LogP contribution in [0.15, 0.2) is 35.1 Å². The summed E-state index contributed by atoms with van der Waals surface area (Å²) in [6.45, 7) is 2.19. The van der Waals surface area contributed by atoms with E-state index in [4.69, 9.17) is 4.74 Å². The Morgan fingerprint density at radius 2 is 2.05 bits per heavy atom. The third-order valence-corrected chi connectivity index (χ3v) is 2.92. The normalized spacial score (nSPS) is 10.3. The van der Waals surface area contributed by atoms with Gasteiger partial charge in [0.05, 0.1) is 13.0 Å². The van der Waals surface area contributed by atoms with Gasteiger partial charge in [0.25, 0.3) is 11.5 Å². The number of H-pyrrole nitrogens is 1. The highest BCUT2D eigenvalue weighted by Gasteiger charge is 2.10. The van der Waals surface area contributed by atoms with Crippen LogP contribution in [0.2, 0.25) is 0 Å². The van der Waals surface area contributed by atoms with Crippen LogP contribution in [0.5, 0.6) is 0 Å². The summed E-state index contributed by atoms with van der Waals surface area (Å²) in [5.74, 6) is -0.799.